The molecule has 0 saturated heterocycles. The summed E-state index contributed by atoms with van der Waals surface area (Å²) in [7, 11) is 0. The van der Waals surface area contributed by atoms with Crippen molar-refractivity contribution < 1.29 is 4.79 Å². The fraction of sp³-hybridized carbons (Fsp3) is 0.333. The van der Waals surface area contributed by atoms with Gasteiger partial charge in [0.05, 0.1) is 12.7 Å². The van der Waals surface area contributed by atoms with Gasteiger partial charge in [0.25, 0.3) is 0 Å². The van der Waals surface area contributed by atoms with E-state index in [2.05, 4.69) is 26.0 Å². The molecule has 0 aliphatic heterocycles. The zero-order valence-corrected chi connectivity index (χ0v) is 10.6. The van der Waals surface area contributed by atoms with Gasteiger partial charge in [-0.05, 0) is 13.8 Å². The van der Waals surface area contributed by atoms with Crippen LogP contribution in [0.15, 0.2) is 29.3 Å². The largest absolute Gasteiger partial charge is 0.340 e. The lowest BCUT2D eigenvalue weighted by Gasteiger charge is -2.03. The first-order chi connectivity index (χ1) is 8.58. The number of carbonyl (C=O) groups excluding carboxylic acids is 1. The SMILES string of the molecule is CC(=O)N=c1ncn(CC=C(C)C)c2nc[nH]c12. The highest BCUT2D eigenvalue weighted by Crippen LogP contribution is 2.04. The number of H-pyrrole nitrogens is 1. The van der Waals surface area contributed by atoms with Crippen molar-refractivity contribution >= 4 is 17.1 Å². The molecule has 0 bridgehead atoms. The van der Waals surface area contributed by atoms with Crippen LogP contribution < -0.4 is 5.49 Å². The van der Waals surface area contributed by atoms with Gasteiger partial charge in [-0.15, -0.1) is 0 Å². The van der Waals surface area contributed by atoms with Crippen molar-refractivity contribution in [2.75, 3.05) is 0 Å². The minimum atomic E-state index is -0.277. The lowest BCUT2D eigenvalue weighted by atomic mass is 10.3. The van der Waals surface area contributed by atoms with E-state index in [4.69, 9.17) is 0 Å². The molecule has 0 atom stereocenters. The lowest BCUT2D eigenvalue weighted by Crippen LogP contribution is -2.15. The molecule has 0 aliphatic rings. The molecular formula is C12H15N5O. The molecule has 0 aromatic carbocycles. The normalized spacial score (nSPS) is 11.8. The predicted octanol–water partition coefficient (Wildman–Crippen LogP) is 1.17. The van der Waals surface area contributed by atoms with E-state index in [1.807, 2.05) is 18.4 Å². The molecule has 1 N–H and O–H groups in total. The molecule has 0 unspecified atom stereocenters. The summed E-state index contributed by atoms with van der Waals surface area (Å²) < 4.78 is 1.90. The Kier molecular flexibility index (Phi) is 3.36. The summed E-state index contributed by atoms with van der Waals surface area (Å²) in [5.74, 6) is -0.277. The van der Waals surface area contributed by atoms with Crippen LogP contribution in [-0.2, 0) is 11.3 Å². The molecule has 1 amide bonds. The summed E-state index contributed by atoms with van der Waals surface area (Å²) in [6, 6.07) is 0. The van der Waals surface area contributed by atoms with Crippen molar-refractivity contribution in [3.63, 3.8) is 0 Å². The Bertz CT molecular complexity index is 673. The smallest absolute Gasteiger partial charge is 0.244 e. The highest BCUT2D eigenvalue weighted by molar-refractivity contribution is 5.76. The molecule has 0 radical (unpaired) electrons. The minimum Gasteiger partial charge on any atom is -0.340 e. The summed E-state index contributed by atoms with van der Waals surface area (Å²) in [5, 5.41) is 0. The molecule has 0 fully saturated rings. The maximum Gasteiger partial charge on any atom is 0.244 e. The van der Waals surface area contributed by atoms with Gasteiger partial charge in [0, 0.05) is 13.5 Å². The van der Waals surface area contributed by atoms with Gasteiger partial charge in [0.2, 0.25) is 5.91 Å². The Balaban J connectivity index is 2.57. The highest BCUT2D eigenvalue weighted by atomic mass is 16.1. The molecule has 6 heteroatoms. The number of hydrogen-bond acceptors (Lipinski definition) is 3. The Labute approximate surface area is 104 Å². The number of carbonyl (C=O) groups is 1. The number of imidazole rings is 1. The van der Waals surface area contributed by atoms with Crippen molar-refractivity contribution in [3.8, 4) is 0 Å². The third kappa shape index (κ3) is 2.53. The second-order valence-corrected chi connectivity index (χ2v) is 4.23. The number of hydrogen-bond donors (Lipinski definition) is 1. The lowest BCUT2D eigenvalue weighted by molar-refractivity contribution is -0.116. The van der Waals surface area contributed by atoms with Gasteiger partial charge < -0.3 is 9.55 Å². The van der Waals surface area contributed by atoms with Gasteiger partial charge in [0.1, 0.15) is 5.52 Å². The number of nitrogens with zero attached hydrogens (tertiary/aromatic N) is 4. The van der Waals surface area contributed by atoms with E-state index < -0.39 is 0 Å². The number of amides is 1. The Morgan fingerprint density at radius 3 is 2.89 bits per heavy atom. The molecule has 0 aliphatic carbocycles. The van der Waals surface area contributed by atoms with Gasteiger partial charge in [-0.3, -0.25) is 4.79 Å². The van der Waals surface area contributed by atoms with Crippen LogP contribution in [-0.4, -0.2) is 25.4 Å². The van der Waals surface area contributed by atoms with Gasteiger partial charge in [0.15, 0.2) is 11.1 Å². The number of fused-ring (bicyclic) bond motifs is 1. The molecule has 0 spiro atoms. The summed E-state index contributed by atoms with van der Waals surface area (Å²) in [6.45, 7) is 6.16. The van der Waals surface area contributed by atoms with E-state index in [1.54, 1.807) is 12.7 Å². The van der Waals surface area contributed by atoms with Crippen LogP contribution in [0.3, 0.4) is 0 Å². The van der Waals surface area contributed by atoms with Gasteiger partial charge in [-0.25, -0.2) is 9.97 Å². The molecule has 6 nitrogen and oxygen atoms in total. The summed E-state index contributed by atoms with van der Waals surface area (Å²) in [4.78, 5) is 26.2. The van der Waals surface area contributed by atoms with Crippen LogP contribution in [0.1, 0.15) is 20.8 Å². The van der Waals surface area contributed by atoms with E-state index in [0.717, 1.165) is 5.65 Å². The fourth-order valence-electron chi connectivity index (χ4n) is 1.56. The highest BCUT2D eigenvalue weighted by Gasteiger charge is 2.04. The zero-order valence-electron chi connectivity index (χ0n) is 10.6. The fourth-order valence-corrected chi connectivity index (χ4v) is 1.56. The van der Waals surface area contributed by atoms with Crippen LogP contribution >= 0.6 is 0 Å². The van der Waals surface area contributed by atoms with Gasteiger partial charge in [-0.1, -0.05) is 11.6 Å². The quantitative estimate of drug-likeness (QED) is 0.807. The van der Waals surface area contributed by atoms with Crippen LogP contribution in [0, 0.1) is 0 Å². The van der Waals surface area contributed by atoms with E-state index >= 15 is 0 Å². The molecule has 2 rings (SSSR count). The summed E-state index contributed by atoms with van der Waals surface area (Å²) in [6.07, 6.45) is 5.30. The molecule has 2 aromatic heterocycles. The van der Waals surface area contributed by atoms with Crippen molar-refractivity contribution in [3.05, 3.63) is 29.8 Å². The van der Waals surface area contributed by atoms with E-state index in [1.165, 1.54) is 12.5 Å². The van der Waals surface area contributed by atoms with Crippen LogP contribution in [0.5, 0.6) is 0 Å². The van der Waals surface area contributed by atoms with Crippen LogP contribution in [0.4, 0.5) is 0 Å². The van der Waals surface area contributed by atoms with Crippen molar-refractivity contribution in [2.24, 2.45) is 4.99 Å². The Morgan fingerprint density at radius 1 is 1.44 bits per heavy atom. The number of aromatic nitrogens is 4. The first kappa shape index (κ1) is 12.2. The average Bonchev–Trinajstić information content (AvgIpc) is 2.76. The topological polar surface area (TPSA) is 75.9 Å². The maximum atomic E-state index is 11.0. The predicted molar refractivity (Wildman–Crippen MR) is 67.6 cm³/mol. The van der Waals surface area contributed by atoms with Crippen molar-refractivity contribution in [2.45, 2.75) is 27.3 Å². The second kappa shape index (κ2) is 4.95. The molecular weight excluding hydrogens is 230 g/mol. The van der Waals surface area contributed by atoms with Crippen LogP contribution in [0.25, 0.3) is 11.2 Å². The molecule has 94 valence electrons. The third-order valence-corrected chi connectivity index (χ3v) is 2.39. The third-order valence-electron chi connectivity index (χ3n) is 2.39. The van der Waals surface area contributed by atoms with Crippen LogP contribution in [0.2, 0.25) is 0 Å². The summed E-state index contributed by atoms with van der Waals surface area (Å²) >= 11 is 0. The van der Waals surface area contributed by atoms with Gasteiger partial charge in [-0.2, -0.15) is 4.99 Å². The first-order valence-corrected chi connectivity index (χ1v) is 5.65. The average molecular weight is 245 g/mol. The van der Waals surface area contributed by atoms with Crippen molar-refractivity contribution in [1.82, 2.24) is 19.5 Å². The number of aromatic amines is 1. The Morgan fingerprint density at radius 2 is 2.22 bits per heavy atom. The van der Waals surface area contributed by atoms with E-state index in [-0.39, 0.29) is 5.91 Å². The number of rotatable bonds is 2. The summed E-state index contributed by atoms with van der Waals surface area (Å²) in [5.41, 5.74) is 3.02. The molecule has 0 saturated carbocycles. The zero-order chi connectivity index (χ0) is 13.1. The number of allylic oxidation sites excluding steroid dienone is 2. The maximum absolute atomic E-state index is 11.0. The Hall–Kier alpha value is -2.24. The molecule has 18 heavy (non-hydrogen) atoms. The number of nitrogens with one attached hydrogen (secondary N) is 1. The monoisotopic (exact) mass is 245 g/mol. The van der Waals surface area contributed by atoms with Crippen molar-refractivity contribution in [1.29, 1.82) is 0 Å². The first-order valence-electron chi connectivity index (χ1n) is 5.65. The van der Waals surface area contributed by atoms with Gasteiger partial charge >= 0.3 is 0 Å². The molecule has 2 heterocycles. The standard InChI is InChI=1S/C12H15N5O/c1-8(2)4-5-17-7-15-11(16-9(3)18)10-12(17)14-6-13-10/h4,6-7H,5H2,1-3H3,(H,13,14). The van der Waals surface area contributed by atoms with E-state index in [9.17, 15) is 4.79 Å². The molecule has 2 aromatic rings. The second-order valence-electron chi connectivity index (χ2n) is 4.23. The minimum absolute atomic E-state index is 0.277. The van der Waals surface area contributed by atoms with E-state index in [0.29, 0.717) is 17.5 Å².